The van der Waals surface area contributed by atoms with Crippen molar-refractivity contribution in [2.45, 2.75) is 26.1 Å². The first kappa shape index (κ1) is 17.5. The summed E-state index contributed by atoms with van der Waals surface area (Å²) < 4.78 is 45.5. The Morgan fingerprint density at radius 1 is 1.33 bits per heavy atom. The van der Waals surface area contributed by atoms with Crippen LogP contribution >= 0.6 is 0 Å². The first-order valence-electron chi connectivity index (χ1n) is 6.87. The number of rotatable bonds is 5. The Bertz CT molecular complexity index is 767. The van der Waals surface area contributed by atoms with Crippen LogP contribution in [0.1, 0.15) is 19.4 Å². The lowest BCUT2D eigenvalue weighted by molar-refractivity contribution is -0.137. The molecule has 0 aliphatic carbocycles. The summed E-state index contributed by atoms with van der Waals surface area (Å²) in [4.78, 5) is 14.4. The highest BCUT2D eigenvalue weighted by Crippen LogP contribution is 2.35. The molecule has 0 fully saturated rings. The average Bonchev–Trinajstić information content (AvgIpc) is 2.92. The Balaban J connectivity index is 2.43. The number of carboxylic acid groups (broad SMARTS) is 1. The number of benzene rings is 1. The Kier molecular flexibility index (Phi) is 4.91. The van der Waals surface area contributed by atoms with Crippen LogP contribution in [-0.4, -0.2) is 31.9 Å². The van der Waals surface area contributed by atoms with Crippen molar-refractivity contribution in [2.75, 3.05) is 0 Å². The van der Waals surface area contributed by atoms with Crippen LogP contribution in [-0.2, 0) is 11.0 Å². The molecule has 2 rings (SSSR count). The van der Waals surface area contributed by atoms with Gasteiger partial charge >= 0.3 is 12.1 Å². The number of nitrogens with zero attached hydrogens (tertiary/aromatic N) is 3. The number of halogens is 3. The molecule has 0 atom stereocenters. The normalized spacial score (nSPS) is 12.1. The molecule has 0 spiro atoms. The maximum absolute atomic E-state index is 13.0. The zero-order chi connectivity index (χ0) is 17.9. The van der Waals surface area contributed by atoms with Crippen LogP contribution in [0.3, 0.4) is 0 Å². The summed E-state index contributed by atoms with van der Waals surface area (Å²) >= 11 is 0. The number of hydrogen-bond donors (Lipinski definition) is 1. The minimum atomic E-state index is -4.54. The molecule has 9 heteroatoms. The third kappa shape index (κ3) is 4.58. The van der Waals surface area contributed by atoms with Gasteiger partial charge in [0.2, 0.25) is 0 Å². The van der Waals surface area contributed by atoms with Gasteiger partial charge in [-0.05, 0) is 32.0 Å². The predicted molar refractivity (Wildman–Crippen MR) is 79.2 cm³/mol. The van der Waals surface area contributed by atoms with E-state index in [0.29, 0.717) is 0 Å². The summed E-state index contributed by atoms with van der Waals surface area (Å²) in [6, 6.07) is 3.22. The Morgan fingerprint density at radius 3 is 2.62 bits per heavy atom. The molecule has 1 aromatic carbocycles. The average molecular weight is 341 g/mol. The topological polar surface area (TPSA) is 77.2 Å². The lowest BCUT2D eigenvalue weighted by Crippen LogP contribution is -2.09. The standard InChI is InChI=1S/C15H14F3N3O3/c1-9(2)24-12-6-10(5-11(7-12)15(16,17)18)14-19-8-21(20-14)4-3-13(22)23/h3-9H,1-2H3,(H,22,23)/b4-3-. The van der Waals surface area contributed by atoms with E-state index in [-0.39, 0.29) is 23.2 Å². The quantitative estimate of drug-likeness (QED) is 0.844. The minimum absolute atomic E-state index is 0.0183. The highest BCUT2D eigenvalue weighted by atomic mass is 19.4. The highest BCUT2D eigenvalue weighted by Gasteiger charge is 2.32. The van der Waals surface area contributed by atoms with Crippen molar-refractivity contribution in [2.24, 2.45) is 0 Å². The number of carbonyl (C=O) groups is 1. The van der Waals surface area contributed by atoms with Crippen LogP contribution in [0.15, 0.2) is 30.6 Å². The van der Waals surface area contributed by atoms with Gasteiger partial charge in [0.15, 0.2) is 5.82 Å². The van der Waals surface area contributed by atoms with Crippen LogP contribution in [0, 0.1) is 0 Å². The van der Waals surface area contributed by atoms with E-state index >= 15 is 0 Å². The van der Waals surface area contributed by atoms with Gasteiger partial charge in [-0.2, -0.15) is 13.2 Å². The molecule has 6 nitrogen and oxygen atoms in total. The molecular formula is C15H14F3N3O3. The summed E-state index contributed by atoms with van der Waals surface area (Å²) in [7, 11) is 0. The molecule has 0 amide bonds. The number of ether oxygens (including phenoxy) is 1. The van der Waals surface area contributed by atoms with E-state index in [2.05, 4.69) is 10.1 Å². The van der Waals surface area contributed by atoms with Gasteiger partial charge in [-0.3, -0.25) is 0 Å². The molecule has 1 aromatic heterocycles. The van der Waals surface area contributed by atoms with Crippen LogP contribution in [0.2, 0.25) is 0 Å². The number of alkyl halides is 3. The molecule has 1 heterocycles. The summed E-state index contributed by atoms with van der Waals surface area (Å²) in [6.07, 6.45) is -1.70. The summed E-state index contributed by atoms with van der Waals surface area (Å²) in [6.45, 7) is 3.40. The van der Waals surface area contributed by atoms with Crippen LogP contribution in [0.25, 0.3) is 17.6 Å². The van der Waals surface area contributed by atoms with E-state index in [9.17, 15) is 18.0 Å². The Hall–Kier alpha value is -2.84. The van der Waals surface area contributed by atoms with Gasteiger partial charge in [-0.1, -0.05) is 0 Å². The van der Waals surface area contributed by atoms with Gasteiger partial charge in [0, 0.05) is 17.8 Å². The van der Waals surface area contributed by atoms with E-state index in [0.717, 1.165) is 29.1 Å². The second kappa shape index (κ2) is 6.73. The Labute approximate surface area is 135 Å². The number of hydrogen-bond acceptors (Lipinski definition) is 4. The third-order valence-electron chi connectivity index (χ3n) is 2.74. The summed E-state index contributed by atoms with van der Waals surface area (Å²) in [5.41, 5.74) is -0.768. The van der Waals surface area contributed by atoms with Gasteiger partial charge in [-0.25, -0.2) is 14.5 Å². The zero-order valence-corrected chi connectivity index (χ0v) is 12.8. The first-order valence-corrected chi connectivity index (χ1v) is 6.87. The van der Waals surface area contributed by atoms with E-state index < -0.39 is 17.7 Å². The van der Waals surface area contributed by atoms with Gasteiger partial charge < -0.3 is 9.84 Å². The van der Waals surface area contributed by atoms with Crippen molar-refractivity contribution < 1.29 is 27.8 Å². The molecule has 128 valence electrons. The molecule has 0 saturated heterocycles. The highest BCUT2D eigenvalue weighted by molar-refractivity contribution is 5.82. The van der Waals surface area contributed by atoms with E-state index in [1.807, 2.05) is 0 Å². The van der Waals surface area contributed by atoms with Crippen LogP contribution < -0.4 is 4.74 Å². The van der Waals surface area contributed by atoms with Crippen LogP contribution in [0.5, 0.6) is 5.75 Å². The fourth-order valence-electron chi connectivity index (χ4n) is 1.85. The molecule has 1 N–H and O–H groups in total. The fourth-order valence-corrected chi connectivity index (χ4v) is 1.85. The summed E-state index contributed by atoms with van der Waals surface area (Å²) in [5.74, 6) is -1.12. The number of aliphatic carboxylic acids is 1. The summed E-state index contributed by atoms with van der Waals surface area (Å²) in [5, 5.41) is 12.5. The largest absolute Gasteiger partial charge is 0.491 e. The van der Waals surface area contributed by atoms with E-state index in [1.165, 1.54) is 12.4 Å². The van der Waals surface area contributed by atoms with E-state index in [4.69, 9.17) is 9.84 Å². The molecule has 24 heavy (non-hydrogen) atoms. The third-order valence-corrected chi connectivity index (χ3v) is 2.74. The van der Waals surface area contributed by atoms with Crippen molar-refractivity contribution in [1.82, 2.24) is 14.8 Å². The first-order chi connectivity index (χ1) is 11.1. The molecule has 0 aliphatic heterocycles. The Morgan fingerprint density at radius 2 is 2.04 bits per heavy atom. The van der Waals surface area contributed by atoms with Crippen LogP contribution in [0.4, 0.5) is 13.2 Å². The molecule has 0 aliphatic rings. The monoisotopic (exact) mass is 341 g/mol. The number of carboxylic acids is 1. The van der Waals surface area contributed by atoms with Gasteiger partial charge in [0.05, 0.1) is 11.7 Å². The van der Waals surface area contributed by atoms with Gasteiger partial charge in [0.25, 0.3) is 0 Å². The van der Waals surface area contributed by atoms with Crippen molar-refractivity contribution in [3.8, 4) is 17.1 Å². The molecule has 0 unspecified atom stereocenters. The van der Waals surface area contributed by atoms with Crippen molar-refractivity contribution in [1.29, 1.82) is 0 Å². The molecule has 0 bridgehead atoms. The predicted octanol–water partition coefficient (Wildman–Crippen LogP) is 3.31. The lowest BCUT2D eigenvalue weighted by atomic mass is 10.1. The van der Waals surface area contributed by atoms with Gasteiger partial charge in [-0.15, -0.1) is 5.10 Å². The minimum Gasteiger partial charge on any atom is -0.491 e. The van der Waals surface area contributed by atoms with Crippen molar-refractivity contribution in [3.05, 3.63) is 36.2 Å². The van der Waals surface area contributed by atoms with Crippen molar-refractivity contribution >= 4 is 12.2 Å². The smallest absolute Gasteiger partial charge is 0.416 e. The lowest BCUT2D eigenvalue weighted by Gasteiger charge is -2.14. The molecule has 0 radical (unpaired) electrons. The van der Waals surface area contributed by atoms with E-state index in [1.54, 1.807) is 13.8 Å². The maximum Gasteiger partial charge on any atom is 0.416 e. The second-order valence-electron chi connectivity index (χ2n) is 5.11. The molecule has 2 aromatic rings. The fraction of sp³-hybridized carbons (Fsp3) is 0.267. The number of aromatic nitrogens is 3. The van der Waals surface area contributed by atoms with Gasteiger partial charge in [0.1, 0.15) is 12.1 Å². The van der Waals surface area contributed by atoms with Crippen molar-refractivity contribution in [3.63, 3.8) is 0 Å². The SMILES string of the molecule is CC(C)Oc1cc(-c2ncn(/C=C\C(=O)O)n2)cc(C(F)(F)F)c1. The molecular weight excluding hydrogens is 327 g/mol. The maximum atomic E-state index is 13.0. The molecule has 0 saturated carbocycles. The second-order valence-corrected chi connectivity index (χ2v) is 5.11. The zero-order valence-electron chi connectivity index (χ0n) is 12.8.